The van der Waals surface area contributed by atoms with Crippen LogP contribution in [0.25, 0.3) is 0 Å². The average molecular weight is 185 g/mol. The summed E-state index contributed by atoms with van der Waals surface area (Å²) in [5, 5.41) is 0. The van der Waals surface area contributed by atoms with Crippen LogP contribution in [-0.2, 0) is 19.5 Å². The van der Waals surface area contributed by atoms with E-state index < -0.39 is 0 Å². The molecule has 0 aromatic carbocycles. The molecule has 0 aliphatic rings. The Balaban J connectivity index is -0.00000000500. The summed E-state index contributed by atoms with van der Waals surface area (Å²) in [5.41, 5.74) is 0. The Morgan fingerprint density at radius 1 is 1.25 bits per heavy atom. The van der Waals surface area contributed by atoms with E-state index in [0.29, 0.717) is 0 Å². The van der Waals surface area contributed by atoms with Crippen LogP contribution in [0.1, 0.15) is 0 Å². The van der Waals surface area contributed by atoms with Gasteiger partial charge < -0.3 is 0 Å². The molecule has 0 rings (SSSR count). The van der Waals surface area contributed by atoms with Crippen molar-refractivity contribution in [2.45, 2.75) is 0 Å². The second-order valence-corrected chi connectivity index (χ2v) is 0. The van der Waals surface area contributed by atoms with Gasteiger partial charge in [0.1, 0.15) is 0 Å². The molecule has 0 heterocycles. The van der Waals surface area contributed by atoms with Crippen LogP contribution in [0.2, 0.25) is 0 Å². The third-order valence-electron chi connectivity index (χ3n) is 0. The predicted molar refractivity (Wildman–Crippen MR) is 24.2 cm³/mol. The Hall–Kier alpha value is 1.97. The summed E-state index contributed by atoms with van der Waals surface area (Å²) in [7, 11) is 0. The van der Waals surface area contributed by atoms with Gasteiger partial charge in [-0.1, -0.05) is 0 Å². The topological polar surface area (TPSA) is 0 Å². The zero-order valence-corrected chi connectivity index (χ0v) is 7.00. The molecule has 4 heteroatoms. The minimum Gasteiger partial charge on any atom is 0 e. The molecule has 0 saturated carbocycles. The first kappa shape index (κ1) is 16.7. The molecule has 0 aliphatic carbocycles. The molecule has 0 saturated heterocycles. The van der Waals surface area contributed by atoms with Gasteiger partial charge >= 0.3 is 45.6 Å². The van der Waals surface area contributed by atoms with E-state index >= 15 is 0 Å². The molecule has 0 spiro atoms. The fraction of sp³-hybridized carbons (Fsp3) is 0. The number of rotatable bonds is 0. The van der Waals surface area contributed by atoms with E-state index in [1.165, 1.54) is 0 Å². The van der Waals surface area contributed by atoms with E-state index in [4.69, 9.17) is 0 Å². The average Bonchev–Trinajstić information content (AvgIpc) is 1.00. The van der Waals surface area contributed by atoms with E-state index in [1.54, 1.807) is 0 Å². The van der Waals surface area contributed by atoms with Crippen molar-refractivity contribution in [3.63, 3.8) is 0 Å². The first-order valence-corrected chi connectivity index (χ1v) is 2.32. The maximum atomic E-state index is 2.31. The van der Waals surface area contributed by atoms with Crippen molar-refractivity contribution >= 4 is 45.6 Å². The van der Waals surface area contributed by atoms with Gasteiger partial charge in [-0.2, -0.15) is 0 Å². The van der Waals surface area contributed by atoms with Crippen LogP contribution < -0.4 is 0 Å². The SMILES string of the molecule is B[SeH].[MgH2].[Zn]. The Morgan fingerprint density at radius 2 is 1.25 bits per heavy atom. The van der Waals surface area contributed by atoms with Gasteiger partial charge in [-0.25, -0.2) is 0 Å². The third-order valence-corrected chi connectivity index (χ3v) is 0. The molecule has 0 fully saturated rings. The smallest absolute Gasteiger partial charge is 0 e. The summed E-state index contributed by atoms with van der Waals surface area (Å²) in [4.78, 5) is 0. The Labute approximate surface area is 64.5 Å². The van der Waals surface area contributed by atoms with Crippen LogP contribution in [-0.4, -0.2) is 45.6 Å². The molecule has 0 unspecified atom stereocenters. The zero-order valence-electron chi connectivity index (χ0n) is 2.15. The van der Waals surface area contributed by atoms with Gasteiger partial charge in [0.15, 0.2) is 0 Å². The molecule has 0 N–H and O–H groups in total. The van der Waals surface area contributed by atoms with Gasteiger partial charge in [-0.05, 0) is 0 Å². The van der Waals surface area contributed by atoms with E-state index in [2.05, 4.69) is 15.8 Å². The maximum Gasteiger partial charge on any atom is 0.316 e. The van der Waals surface area contributed by atoms with Crippen LogP contribution in [0.4, 0.5) is 0 Å². The second kappa shape index (κ2) is 20.2. The minimum atomic E-state index is 0. The minimum absolute atomic E-state index is 0. The number of hydrogen-bond acceptors (Lipinski definition) is 0. The predicted octanol–water partition coefficient (Wildman–Crippen LogP) is -2.48. The molecule has 0 aliphatic heterocycles. The van der Waals surface area contributed by atoms with Gasteiger partial charge in [-0.15, -0.1) is 0 Å². The van der Waals surface area contributed by atoms with Gasteiger partial charge in [-0.3, -0.25) is 0 Å². The first-order chi connectivity index (χ1) is 1.00. The first-order valence-electron chi connectivity index (χ1n) is 0.447. The molecule has 0 amide bonds. The van der Waals surface area contributed by atoms with Crippen molar-refractivity contribution in [3.8, 4) is 0 Å². The normalized spacial score (nSPS) is 1.25. The molecule has 4 heavy (non-hydrogen) atoms. The summed E-state index contributed by atoms with van der Waals surface area (Å²) in [5.74, 6) is 0. The Morgan fingerprint density at radius 3 is 1.25 bits per heavy atom. The fourth-order valence-corrected chi connectivity index (χ4v) is 0. The van der Waals surface area contributed by atoms with Crippen molar-refractivity contribution in [3.05, 3.63) is 0 Å². The molecule has 0 aromatic rings. The van der Waals surface area contributed by atoms with Gasteiger partial charge in [0.05, 0.1) is 0 Å². The van der Waals surface area contributed by atoms with Crippen LogP contribution in [0.15, 0.2) is 0 Å². The molecule has 0 bridgehead atoms. The summed E-state index contributed by atoms with van der Waals surface area (Å²) < 4.78 is 0. The van der Waals surface area contributed by atoms with Crippen molar-refractivity contribution in [2.75, 3.05) is 0 Å². The molecular weight excluding hydrogens is 179 g/mol. The summed E-state index contributed by atoms with van der Waals surface area (Å²) in [6, 6.07) is 0. The van der Waals surface area contributed by atoms with Gasteiger partial charge in [0, 0.05) is 19.5 Å². The van der Waals surface area contributed by atoms with E-state index in [-0.39, 0.29) is 42.5 Å². The molecule has 0 aromatic heterocycles. The van der Waals surface area contributed by atoms with E-state index in [9.17, 15) is 0 Å². The van der Waals surface area contributed by atoms with Crippen molar-refractivity contribution in [2.24, 2.45) is 0 Å². The molecule has 0 radical (unpaired) electrons. The van der Waals surface area contributed by atoms with Crippen molar-refractivity contribution in [1.82, 2.24) is 0 Å². The number of hydrogen-bond donors (Lipinski definition) is 0. The second-order valence-electron chi connectivity index (χ2n) is 0. The van der Waals surface area contributed by atoms with Gasteiger partial charge in [0.25, 0.3) is 0 Å². The van der Waals surface area contributed by atoms with E-state index in [0.717, 1.165) is 0 Å². The Bertz CT molecular complexity index is 8.00. The quantitative estimate of drug-likeness (QED) is 0.366. The molecule has 18 valence electrons. The summed E-state index contributed by atoms with van der Waals surface area (Å²) in [6.07, 6.45) is 0. The van der Waals surface area contributed by atoms with Crippen molar-refractivity contribution < 1.29 is 19.5 Å². The van der Waals surface area contributed by atoms with Crippen LogP contribution in [0, 0.1) is 0 Å². The monoisotopic (exact) mass is 184 g/mol. The standard InChI is InChI=1S/BH3Se.Mg.Zn.2H/c1-2;;;;/h2H,1H2;;;;. The zero-order chi connectivity index (χ0) is 2.00. The Kier molecular flexibility index (Phi) is 84.2. The van der Waals surface area contributed by atoms with Gasteiger partial charge in [0.2, 0.25) is 0 Å². The molecule has 0 nitrogen and oxygen atoms in total. The molecule has 0 atom stereocenters. The maximum absolute atomic E-state index is 2.31. The molecular formula is H5BMgSeZn. The largest absolute Gasteiger partial charge is 0.316 e. The summed E-state index contributed by atoms with van der Waals surface area (Å²) >= 11 is 2.31. The fourth-order valence-electron chi connectivity index (χ4n) is 0. The van der Waals surface area contributed by atoms with Crippen LogP contribution >= 0.6 is 0 Å². The summed E-state index contributed by atoms with van der Waals surface area (Å²) in [6.45, 7) is 1.94. The van der Waals surface area contributed by atoms with E-state index in [1.807, 2.05) is 6.66 Å². The van der Waals surface area contributed by atoms with Crippen LogP contribution in [0.3, 0.4) is 0 Å². The third kappa shape index (κ3) is 9.02. The van der Waals surface area contributed by atoms with Crippen molar-refractivity contribution in [1.29, 1.82) is 0 Å². The van der Waals surface area contributed by atoms with Crippen LogP contribution in [0.5, 0.6) is 0 Å².